The Kier molecular flexibility index (Phi) is 5.39. The molecule has 2 rings (SSSR count). The van der Waals surface area contributed by atoms with Gasteiger partial charge in [0.1, 0.15) is 5.75 Å². The summed E-state index contributed by atoms with van der Waals surface area (Å²) in [6, 6.07) is 6.94. The van der Waals surface area contributed by atoms with Crippen molar-refractivity contribution in [3.8, 4) is 5.75 Å². The zero-order chi connectivity index (χ0) is 13.0. The SMILES string of the molecule is COc1ccc(CNC2CCCC2SC)cc1Br. The van der Waals surface area contributed by atoms with E-state index in [1.165, 1.54) is 24.8 Å². The number of thioether (sulfide) groups is 1. The first kappa shape index (κ1) is 14.2. The lowest BCUT2D eigenvalue weighted by molar-refractivity contribution is 0.412. The first-order valence-corrected chi connectivity index (χ1v) is 8.41. The maximum absolute atomic E-state index is 5.24. The molecule has 0 aliphatic heterocycles. The lowest BCUT2D eigenvalue weighted by atomic mass is 10.2. The Morgan fingerprint density at radius 2 is 2.28 bits per heavy atom. The highest BCUT2D eigenvalue weighted by molar-refractivity contribution is 9.10. The Labute approximate surface area is 122 Å². The topological polar surface area (TPSA) is 21.3 Å². The van der Waals surface area contributed by atoms with Crippen LogP contribution in [0.1, 0.15) is 24.8 Å². The third-order valence-corrected chi connectivity index (χ3v) is 5.33. The molecule has 1 aliphatic rings. The average molecular weight is 330 g/mol. The quantitative estimate of drug-likeness (QED) is 0.886. The third kappa shape index (κ3) is 3.43. The molecule has 1 aliphatic carbocycles. The summed E-state index contributed by atoms with van der Waals surface area (Å²) in [6.07, 6.45) is 6.23. The molecule has 2 unspecified atom stereocenters. The minimum Gasteiger partial charge on any atom is -0.496 e. The highest BCUT2D eigenvalue weighted by atomic mass is 79.9. The van der Waals surface area contributed by atoms with E-state index in [0.29, 0.717) is 6.04 Å². The smallest absolute Gasteiger partial charge is 0.133 e. The molecule has 1 N–H and O–H groups in total. The number of rotatable bonds is 5. The lowest BCUT2D eigenvalue weighted by Gasteiger charge is -2.19. The van der Waals surface area contributed by atoms with Gasteiger partial charge < -0.3 is 10.1 Å². The highest BCUT2D eigenvalue weighted by Gasteiger charge is 2.25. The fraction of sp³-hybridized carbons (Fsp3) is 0.571. The molecule has 0 bridgehead atoms. The summed E-state index contributed by atoms with van der Waals surface area (Å²) in [4.78, 5) is 0. The molecule has 0 amide bonds. The number of hydrogen-bond donors (Lipinski definition) is 1. The largest absolute Gasteiger partial charge is 0.496 e. The van der Waals surface area contributed by atoms with E-state index >= 15 is 0 Å². The first-order chi connectivity index (χ1) is 8.74. The van der Waals surface area contributed by atoms with Gasteiger partial charge in [-0.05, 0) is 52.7 Å². The molecule has 1 saturated carbocycles. The van der Waals surface area contributed by atoms with Gasteiger partial charge in [-0.3, -0.25) is 0 Å². The van der Waals surface area contributed by atoms with E-state index in [4.69, 9.17) is 4.74 Å². The summed E-state index contributed by atoms with van der Waals surface area (Å²) >= 11 is 5.52. The van der Waals surface area contributed by atoms with E-state index in [2.05, 4.69) is 39.6 Å². The molecule has 2 nitrogen and oxygen atoms in total. The van der Waals surface area contributed by atoms with Crippen LogP contribution in [0.4, 0.5) is 0 Å². The van der Waals surface area contributed by atoms with E-state index < -0.39 is 0 Å². The minimum atomic E-state index is 0.667. The van der Waals surface area contributed by atoms with Crippen molar-refractivity contribution < 1.29 is 4.74 Å². The highest BCUT2D eigenvalue weighted by Crippen LogP contribution is 2.29. The van der Waals surface area contributed by atoms with Gasteiger partial charge in [-0.15, -0.1) is 0 Å². The molecule has 0 spiro atoms. The summed E-state index contributed by atoms with van der Waals surface area (Å²) in [5.74, 6) is 0.890. The Morgan fingerprint density at radius 3 is 2.94 bits per heavy atom. The van der Waals surface area contributed by atoms with Crippen LogP contribution in [0.25, 0.3) is 0 Å². The molecular weight excluding hydrogens is 310 g/mol. The van der Waals surface area contributed by atoms with Crippen LogP contribution >= 0.6 is 27.7 Å². The summed E-state index contributed by atoms with van der Waals surface area (Å²) < 4.78 is 6.27. The number of hydrogen-bond acceptors (Lipinski definition) is 3. The minimum absolute atomic E-state index is 0.667. The van der Waals surface area contributed by atoms with Gasteiger partial charge >= 0.3 is 0 Å². The van der Waals surface area contributed by atoms with Gasteiger partial charge in [-0.25, -0.2) is 0 Å². The van der Waals surface area contributed by atoms with Crippen molar-refractivity contribution in [1.82, 2.24) is 5.32 Å². The Morgan fingerprint density at radius 1 is 1.44 bits per heavy atom. The van der Waals surface area contributed by atoms with Gasteiger partial charge in [-0.1, -0.05) is 12.5 Å². The molecule has 0 saturated heterocycles. The van der Waals surface area contributed by atoms with Gasteiger partial charge in [0, 0.05) is 17.8 Å². The van der Waals surface area contributed by atoms with Gasteiger partial charge in [0.15, 0.2) is 0 Å². The van der Waals surface area contributed by atoms with Gasteiger partial charge in [-0.2, -0.15) is 11.8 Å². The molecule has 4 heteroatoms. The molecule has 0 radical (unpaired) electrons. The van der Waals surface area contributed by atoms with Crippen LogP contribution in [0.5, 0.6) is 5.75 Å². The molecule has 1 aromatic rings. The van der Waals surface area contributed by atoms with Gasteiger partial charge in [0.05, 0.1) is 11.6 Å². The zero-order valence-electron chi connectivity index (χ0n) is 10.9. The van der Waals surface area contributed by atoms with E-state index in [1.807, 2.05) is 17.8 Å². The van der Waals surface area contributed by atoms with Crippen molar-refractivity contribution in [3.63, 3.8) is 0 Å². The van der Waals surface area contributed by atoms with E-state index in [-0.39, 0.29) is 0 Å². The predicted molar refractivity (Wildman–Crippen MR) is 82.5 cm³/mol. The van der Waals surface area contributed by atoms with Crippen molar-refractivity contribution in [3.05, 3.63) is 28.2 Å². The molecule has 1 aromatic carbocycles. The van der Waals surface area contributed by atoms with E-state index in [1.54, 1.807) is 7.11 Å². The fourth-order valence-electron chi connectivity index (χ4n) is 2.51. The normalized spacial score (nSPS) is 23.3. The molecule has 2 atom stereocenters. The summed E-state index contributed by atoms with van der Waals surface area (Å²) in [5, 5.41) is 4.47. The maximum Gasteiger partial charge on any atom is 0.133 e. The monoisotopic (exact) mass is 329 g/mol. The number of halogens is 1. The maximum atomic E-state index is 5.24. The zero-order valence-corrected chi connectivity index (χ0v) is 13.3. The van der Waals surface area contributed by atoms with Crippen LogP contribution in [-0.2, 0) is 6.54 Å². The third-order valence-electron chi connectivity index (χ3n) is 3.54. The standard InChI is InChI=1S/C14H20BrNOS/c1-17-13-7-6-10(8-11(13)15)9-16-12-4-3-5-14(12)18-2/h6-8,12,14,16H,3-5,9H2,1-2H3. The predicted octanol–water partition coefficient (Wildman–Crippen LogP) is 3.83. The van der Waals surface area contributed by atoms with Gasteiger partial charge in [0.2, 0.25) is 0 Å². The van der Waals surface area contributed by atoms with Crippen molar-refractivity contribution >= 4 is 27.7 Å². The average Bonchev–Trinajstić information content (AvgIpc) is 2.84. The number of benzene rings is 1. The molecule has 18 heavy (non-hydrogen) atoms. The second-order valence-corrected chi connectivity index (χ2v) is 6.59. The second-order valence-electron chi connectivity index (χ2n) is 4.66. The summed E-state index contributed by atoms with van der Waals surface area (Å²) in [5.41, 5.74) is 1.30. The number of nitrogens with one attached hydrogen (secondary N) is 1. The first-order valence-electron chi connectivity index (χ1n) is 6.33. The second kappa shape index (κ2) is 6.83. The number of methoxy groups -OCH3 is 1. The summed E-state index contributed by atoms with van der Waals surface area (Å²) in [7, 11) is 1.69. The molecule has 100 valence electrons. The molecular formula is C14H20BrNOS. The van der Waals surface area contributed by atoms with Crippen LogP contribution < -0.4 is 10.1 Å². The Balaban J connectivity index is 1.92. The molecule has 0 aromatic heterocycles. The van der Waals surface area contributed by atoms with Crippen LogP contribution in [0.2, 0.25) is 0 Å². The fourth-order valence-corrected chi connectivity index (χ4v) is 4.06. The van der Waals surface area contributed by atoms with E-state index in [9.17, 15) is 0 Å². The van der Waals surface area contributed by atoms with Crippen LogP contribution in [0, 0.1) is 0 Å². The van der Waals surface area contributed by atoms with Crippen molar-refractivity contribution in [1.29, 1.82) is 0 Å². The number of ether oxygens (including phenoxy) is 1. The van der Waals surface area contributed by atoms with Crippen molar-refractivity contribution in [2.45, 2.75) is 37.1 Å². The lowest BCUT2D eigenvalue weighted by Crippen LogP contribution is -2.33. The molecule has 0 heterocycles. The van der Waals surface area contributed by atoms with E-state index in [0.717, 1.165) is 22.0 Å². The summed E-state index contributed by atoms with van der Waals surface area (Å²) in [6.45, 7) is 0.935. The van der Waals surface area contributed by atoms with Crippen LogP contribution in [0.3, 0.4) is 0 Å². The van der Waals surface area contributed by atoms with Gasteiger partial charge in [0.25, 0.3) is 0 Å². The molecule has 1 fully saturated rings. The van der Waals surface area contributed by atoms with Crippen molar-refractivity contribution in [2.75, 3.05) is 13.4 Å². The Bertz CT molecular complexity index is 399. The Hall–Kier alpha value is -0.190. The van der Waals surface area contributed by atoms with Crippen LogP contribution in [0.15, 0.2) is 22.7 Å². The van der Waals surface area contributed by atoms with Crippen LogP contribution in [-0.4, -0.2) is 24.7 Å². The van der Waals surface area contributed by atoms with Crippen molar-refractivity contribution in [2.24, 2.45) is 0 Å².